The summed E-state index contributed by atoms with van der Waals surface area (Å²) in [5, 5.41) is 13.2. The molecule has 0 bridgehead atoms. The predicted molar refractivity (Wildman–Crippen MR) is 26.7 cm³/mol. The van der Waals surface area contributed by atoms with Crippen molar-refractivity contribution < 1.29 is 4.92 Å². The van der Waals surface area contributed by atoms with E-state index in [2.05, 4.69) is 10.5 Å². The average molecular weight is 114 g/mol. The van der Waals surface area contributed by atoms with Gasteiger partial charge in [-0.25, -0.2) is 5.43 Å². The minimum absolute atomic E-state index is 0.451. The third kappa shape index (κ3) is 0.749. The van der Waals surface area contributed by atoms with Gasteiger partial charge in [0.25, 0.3) is 0 Å². The Labute approximate surface area is 45.5 Å². The maximum Gasteiger partial charge on any atom is 0.307 e. The molecule has 1 unspecified atom stereocenters. The van der Waals surface area contributed by atoms with Crippen LogP contribution in [0.5, 0.6) is 0 Å². The Morgan fingerprint density at radius 2 is 2.62 bits per heavy atom. The first kappa shape index (κ1) is 5.02. The van der Waals surface area contributed by atoms with Gasteiger partial charge in [-0.05, 0) is 0 Å². The summed E-state index contributed by atoms with van der Waals surface area (Å²) < 4.78 is 0. The predicted octanol–water partition coefficient (Wildman–Crippen LogP) is -0.618. The van der Waals surface area contributed by atoms with Gasteiger partial charge in [0.1, 0.15) is 6.42 Å². The summed E-state index contributed by atoms with van der Waals surface area (Å²) in [6, 6.07) is 0. The number of hydrogen-bond acceptors (Lipinski definition) is 4. The van der Waals surface area contributed by atoms with Crippen LogP contribution in [0.2, 0.25) is 0 Å². The molecule has 1 aliphatic heterocycles. The highest BCUT2D eigenvalue weighted by atomic mass is 16.6. The number of rotatable bonds is 1. The number of nitro groups is 1. The highest BCUT2D eigenvalue weighted by Gasteiger charge is 2.20. The van der Waals surface area contributed by atoms with E-state index in [0.717, 1.165) is 0 Å². The van der Waals surface area contributed by atoms with Gasteiger partial charge < -0.3 is 0 Å². The highest BCUT2D eigenvalue weighted by molar-refractivity contribution is 5.69. The van der Waals surface area contributed by atoms with Gasteiger partial charge in [-0.3, -0.25) is 10.1 Å². The van der Waals surface area contributed by atoms with Gasteiger partial charge in [0.05, 0.1) is 0 Å². The van der Waals surface area contributed by atoms with Crippen molar-refractivity contribution in [1.29, 1.82) is 0 Å². The molecule has 0 saturated heterocycles. The summed E-state index contributed by atoms with van der Waals surface area (Å²) >= 11 is 0. The van der Waals surface area contributed by atoms with Crippen molar-refractivity contribution in [3.8, 4) is 0 Å². The Hall–Kier alpha value is -1.13. The summed E-state index contributed by atoms with van der Waals surface area (Å²) in [6.07, 6.45) is 1.93. The van der Waals surface area contributed by atoms with Crippen LogP contribution < -0.4 is 5.43 Å². The fraction of sp³-hybridized carbons (Fsp3) is 0.333. The third-order valence-corrected chi connectivity index (χ3v) is 0.777. The second kappa shape index (κ2) is 1.77. The number of hydrazone groups is 1. The van der Waals surface area contributed by atoms with Crippen molar-refractivity contribution in [1.82, 2.24) is 5.43 Å². The first-order valence-electron chi connectivity index (χ1n) is 2.06. The second-order valence-electron chi connectivity index (χ2n) is 1.33. The molecule has 0 saturated carbocycles. The van der Waals surface area contributed by atoms with Crippen LogP contribution in [0.1, 0.15) is 0 Å². The third-order valence-electron chi connectivity index (χ3n) is 0.777. The lowest BCUT2D eigenvalue weighted by Gasteiger charge is -1.96. The van der Waals surface area contributed by atoms with E-state index in [0.29, 0.717) is 0 Å². The summed E-state index contributed by atoms with van der Waals surface area (Å²) in [6.45, 7) is 0. The molecule has 0 amide bonds. The van der Waals surface area contributed by atoms with E-state index < -0.39 is 11.1 Å². The van der Waals surface area contributed by atoms with Crippen molar-refractivity contribution in [2.24, 2.45) is 5.10 Å². The second-order valence-corrected chi connectivity index (χ2v) is 1.33. The van der Waals surface area contributed by atoms with Gasteiger partial charge in [-0.2, -0.15) is 5.10 Å². The van der Waals surface area contributed by atoms with E-state index in [1.807, 2.05) is 0 Å². The first-order chi connectivity index (χ1) is 3.80. The molecule has 0 aromatic heterocycles. The monoisotopic (exact) mass is 114 g/mol. The van der Waals surface area contributed by atoms with E-state index >= 15 is 0 Å². The zero-order chi connectivity index (χ0) is 5.98. The molecule has 8 heavy (non-hydrogen) atoms. The molecule has 0 aliphatic carbocycles. The molecule has 0 fully saturated rings. The van der Waals surface area contributed by atoms with Crippen molar-refractivity contribution in [2.75, 3.05) is 0 Å². The Kier molecular flexibility index (Phi) is 1.11. The van der Waals surface area contributed by atoms with Gasteiger partial charge in [-0.15, -0.1) is 0 Å². The standard InChI is InChI=1S/C3H4N3O2/c7-6(8)3-1-2-4-5-3/h1-3,5H. The SMILES string of the molecule is O=[N+]([O-])C1[CH]C=NN1. The summed E-state index contributed by atoms with van der Waals surface area (Å²) in [7, 11) is 0. The quantitative estimate of drug-likeness (QED) is 0.365. The van der Waals surface area contributed by atoms with Crippen LogP contribution in [-0.4, -0.2) is 17.3 Å². The van der Waals surface area contributed by atoms with E-state index in [1.165, 1.54) is 12.6 Å². The molecule has 1 rings (SSSR count). The lowest BCUT2D eigenvalue weighted by Crippen LogP contribution is -2.28. The Morgan fingerprint density at radius 1 is 1.88 bits per heavy atom. The minimum Gasteiger partial charge on any atom is -0.262 e. The molecule has 5 nitrogen and oxygen atoms in total. The number of nitrogens with one attached hydrogen (secondary N) is 1. The Balaban J connectivity index is 2.41. The van der Waals surface area contributed by atoms with Gasteiger partial charge in [0.15, 0.2) is 0 Å². The molecule has 1 heterocycles. The molecule has 1 N–H and O–H groups in total. The van der Waals surface area contributed by atoms with E-state index in [-0.39, 0.29) is 0 Å². The van der Waals surface area contributed by atoms with Gasteiger partial charge in [0, 0.05) is 11.1 Å². The molecule has 5 heteroatoms. The molecular weight excluding hydrogens is 110 g/mol. The number of nitrogens with zero attached hydrogens (tertiary/aromatic N) is 2. The normalized spacial score (nSPS) is 25.2. The average Bonchev–Trinajstić information content (AvgIpc) is 2.12. The smallest absolute Gasteiger partial charge is 0.262 e. The van der Waals surface area contributed by atoms with Crippen LogP contribution in [0.15, 0.2) is 5.10 Å². The fourth-order valence-corrected chi connectivity index (χ4v) is 0.404. The lowest BCUT2D eigenvalue weighted by molar-refractivity contribution is -0.517. The number of hydrogen-bond donors (Lipinski definition) is 1. The lowest BCUT2D eigenvalue weighted by atomic mass is 10.4. The van der Waals surface area contributed by atoms with E-state index in [4.69, 9.17) is 0 Å². The van der Waals surface area contributed by atoms with Gasteiger partial charge >= 0.3 is 6.17 Å². The van der Waals surface area contributed by atoms with Gasteiger partial charge in [0.2, 0.25) is 0 Å². The molecule has 1 aliphatic rings. The van der Waals surface area contributed by atoms with Crippen molar-refractivity contribution in [2.45, 2.75) is 6.17 Å². The molecule has 1 radical (unpaired) electrons. The van der Waals surface area contributed by atoms with Crippen molar-refractivity contribution in [3.05, 3.63) is 16.5 Å². The molecular formula is C3H4N3O2. The Morgan fingerprint density at radius 3 is 2.88 bits per heavy atom. The van der Waals surface area contributed by atoms with Crippen LogP contribution in [0.4, 0.5) is 0 Å². The summed E-state index contributed by atoms with van der Waals surface area (Å²) in [5.74, 6) is 0. The largest absolute Gasteiger partial charge is 0.307 e. The molecule has 0 aromatic carbocycles. The topological polar surface area (TPSA) is 67.5 Å². The van der Waals surface area contributed by atoms with Gasteiger partial charge in [-0.1, -0.05) is 0 Å². The minimum atomic E-state index is -0.810. The molecule has 1 atom stereocenters. The Bertz CT molecular complexity index is 124. The van der Waals surface area contributed by atoms with Crippen LogP contribution in [0.3, 0.4) is 0 Å². The fourth-order valence-electron chi connectivity index (χ4n) is 0.404. The molecule has 43 valence electrons. The van der Waals surface area contributed by atoms with E-state index in [1.54, 1.807) is 0 Å². The maximum absolute atomic E-state index is 9.83. The summed E-state index contributed by atoms with van der Waals surface area (Å²) in [5.41, 5.74) is 2.27. The summed E-state index contributed by atoms with van der Waals surface area (Å²) in [4.78, 5) is 9.38. The van der Waals surface area contributed by atoms with E-state index in [9.17, 15) is 10.1 Å². The van der Waals surface area contributed by atoms with Crippen LogP contribution in [0, 0.1) is 16.5 Å². The van der Waals surface area contributed by atoms with Crippen molar-refractivity contribution in [3.63, 3.8) is 0 Å². The zero-order valence-electron chi connectivity index (χ0n) is 3.94. The van der Waals surface area contributed by atoms with Crippen molar-refractivity contribution >= 4 is 6.21 Å². The molecule has 0 aromatic rings. The van der Waals surface area contributed by atoms with Crippen LogP contribution in [0.25, 0.3) is 0 Å². The maximum atomic E-state index is 9.83. The highest BCUT2D eigenvalue weighted by Crippen LogP contribution is 1.93. The van der Waals surface area contributed by atoms with Crippen LogP contribution >= 0.6 is 0 Å². The van der Waals surface area contributed by atoms with Crippen LogP contribution in [-0.2, 0) is 0 Å². The first-order valence-corrected chi connectivity index (χ1v) is 2.06. The zero-order valence-corrected chi connectivity index (χ0v) is 3.94. The molecule has 0 spiro atoms.